The summed E-state index contributed by atoms with van der Waals surface area (Å²) < 4.78 is 12.5. The van der Waals surface area contributed by atoms with Crippen LogP contribution in [-0.2, 0) is 5.41 Å². The van der Waals surface area contributed by atoms with Crippen molar-refractivity contribution in [2.24, 2.45) is 0 Å². The molecule has 1 aliphatic carbocycles. The molecular weight excluding hydrogens is 707 g/mol. The Kier molecular flexibility index (Phi) is 7.14. The zero-order valence-electron chi connectivity index (χ0n) is 31.5. The lowest BCUT2D eigenvalue weighted by Gasteiger charge is -2.34. The number of benzene rings is 9. The molecule has 11 aromatic rings. The lowest BCUT2D eigenvalue weighted by Crippen LogP contribution is -2.28. The second kappa shape index (κ2) is 12.7. The molecule has 12 rings (SSSR count). The summed E-state index contributed by atoms with van der Waals surface area (Å²) >= 11 is 0. The summed E-state index contributed by atoms with van der Waals surface area (Å²) in [5, 5.41) is 4.43. The van der Waals surface area contributed by atoms with Crippen LogP contribution in [0.1, 0.15) is 22.3 Å². The van der Waals surface area contributed by atoms with Crippen molar-refractivity contribution in [1.29, 1.82) is 0 Å². The Balaban J connectivity index is 1.08. The van der Waals surface area contributed by atoms with Gasteiger partial charge in [-0.05, 0) is 111 Å². The molecule has 3 nitrogen and oxygen atoms in total. The number of fused-ring (bicyclic) bond motifs is 9. The highest BCUT2D eigenvalue weighted by Crippen LogP contribution is 2.57. The fraction of sp³-hybridized carbons (Fsp3) is 0.0182. The zero-order chi connectivity index (χ0) is 38.2. The minimum Gasteiger partial charge on any atom is -0.456 e. The number of furan rings is 2. The molecular formula is C55H35NO2. The average molecular weight is 742 g/mol. The molecule has 1 aliphatic rings. The summed E-state index contributed by atoms with van der Waals surface area (Å²) in [7, 11) is 0. The maximum absolute atomic E-state index is 6.31. The Labute approximate surface area is 335 Å². The van der Waals surface area contributed by atoms with Gasteiger partial charge in [-0.15, -0.1) is 0 Å². The molecule has 3 heteroatoms. The first-order chi connectivity index (χ1) is 28.7. The third kappa shape index (κ3) is 4.80. The van der Waals surface area contributed by atoms with Gasteiger partial charge in [0.05, 0.1) is 5.41 Å². The first-order valence-electron chi connectivity index (χ1n) is 19.8. The number of rotatable bonds is 6. The van der Waals surface area contributed by atoms with Gasteiger partial charge in [0.1, 0.15) is 22.3 Å². The van der Waals surface area contributed by atoms with Gasteiger partial charge in [0.2, 0.25) is 0 Å². The molecule has 0 saturated carbocycles. The predicted molar refractivity (Wildman–Crippen MR) is 238 cm³/mol. The van der Waals surface area contributed by atoms with Crippen LogP contribution in [0, 0.1) is 0 Å². The second-order valence-electron chi connectivity index (χ2n) is 15.2. The van der Waals surface area contributed by atoms with E-state index in [1.807, 2.05) is 24.3 Å². The molecule has 0 amide bonds. The topological polar surface area (TPSA) is 29.5 Å². The van der Waals surface area contributed by atoms with Crippen LogP contribution in [-0.4, -0.2) is 0 Å². The van der Waals surface area contributed by atoms with Gasteiger partial charge in [0.25, 0.3) is 0 Å². The fourth-order valence-electron chi connectivity index (χ4n) is 9.61. The van der Waals surface area contributed by atoms with Crippen LogP contribution >= 0.6 is 0 Å². The molecule has 0 radical (unpaired) electrons. The van der Waals surface area contributed by atoms with E-state index in [2.05, 4.69) is 193 Å². The van der Waals surface area contributed by atoms with Crippen molar-refractivity contribution in [3.05, 3.63) is 235 Å². The van der Waals surface area contributed by atoms with E-state index >= 15 is 0 Å². The van der Waals surface area contributed by atoms with E-state index in [0.717, 1.165) is 72.1 Å². The van der Waals surface area contributed by atoms with Crippen LogP contribution in [0.25, 0.3) is 66.1 Å². The fourth-order valence-corrected chi connectivity index (χ4v) is 9.61. The second-order valence-corrected chi connectivity index (χ2v) is 15.2. The van der Waals surface area contributed by atoms with Gasteiger partial charge >= 0.3 is 0 Å². The number of anilines is 3. The van der Waals surface area contributed by atoms with Gasteiger partial charge in [-0.2, -0.15) is 0 Å². The summed E-state index contributed by atoms with van der Waals surface area (Å²) in [5.74, 6) is 0. The quantitative estimate of drug-likeness (QED) is 0.170. The zero-order valence-corrected chi connectivity index (χ0v) is 31.5. The van der Waals surface area contributed by atoms with Crippen molar-refractivity contribution in [3.63, 3.8) is 0 Å². The van der Waals surface area contributed by atoms with E-state index in [1.165, 1.54) is 33.4 Å². The van der Waals surface area contributed by atoms with Crippen molar-refractivity contribution < 1.29 is 8.83 Å². The Hall–Kier alpha value is -7.62. The van der Waals surface area contributed by atoms with Crippen molar-refractivity contribution in [1.82, 2.24) is 0 Å². The normalized spacial score (nSPS) is 13.0. The van der Waals surface area contributed by atoms with Crippen LogP contribution in [0.3, 0.4) is 0 Å². The number of hydrogen-bond acceptors (Lipinski definition) is 3. The van der Waals surface area contributed by atoms with E-state index in [-0.39, 0.29) is 0 Å². The van der Waals surface area contributed by atoms with Gasteiger partial charge in [0.15, 0.2) is 0 Å². The standard InChI is InChI=1S/C55H35NO2/c1-3-15-38(16-4-1)55(39-17-5-2-6-18-39)49-23-10-7-20-43(49)46-34-41(27-29-50(46)55)56(42-28-31-54-48(35-42)45-22-9-12-25-52(45)58-54)40-19-13-14-36(32-40)37-26-30-53-47(33-37)44-21-8-11-24-51(44)57-53/h1-35H. The molecule has 0 atom stereocenters. The van der Waals surface area contributed by atoms with Gasteiger partial charge in [-0.3, -0.25) is 0 Å². The van der Waals surface area contributed by atoms with Crippen LogP contribution in [0.15, 0.2) is 221 Å². The van der Waals surface area contributed by atoms with Crippen molar-refractivity contribution in [2.75, 3.05) is 4.90 Å². The summed E-state index contributed by atoms with van der Waals surface area (Å²) in [5.41, 5.74) is 16.1. The lowest BCUT2D eigenvalue weighted by molar-refractivity contribution is 0.668. The third-order valence-corrected chi connectivity index (χ3v) is 12.1. The molecule has 0 fully saturated rings. The van der Waals surface area contributed by atoms with Gasteiger partial charge < -0.3 is 13.7 Å². The molecule has 2 heterocycles. The molecule has 9 aromatic carbocycles. The summed E-state index contributed by atoms with van der Waals surface area (Å²) in [6.07, 6.45) is 0. The maximum atomic E-state index is 6.31. The molecule has 0 unspecified atom stereocenters. The Morgan fingerprint density at radius 1 is 0.310 bits per heavy atom. The first-order valence-corrected chi connectivity index (χ1v) is 19.8. The minimum absolute atomic E-state index is 0.470. The van der Waals surface area contributed by atoms with E-state index in [9.17, 15) is 0 Å². The summed E-state index contributed by atoms with van der Waals surface area (Å²) in [6.45, 7) is 0. The Morgan fingerprint density at radius 2 is 0.828 bits per heavy atom. The number of para-hydroxylation sites is 2. The van der Waals surface area contributed by atoms with Crippen molar-refractivity contribution in [3.8, 4) is 22.3 Å². The van der Waals surface area contributed by atoms with Crippen LogP contribution in [0.2, 0.25) is 0 Å². The Morgan fingerprint density at radius 3 is 1.55 bits per heavy atom. The lowest BCUT2D eigenvalue weighted by atomic mass is 9.68. The summed E-state index contributed by atoms with van der Waals surface area (Å²) in [6, 6.07) is 76.5. The van der Waals surface area contributed by atoms with E-state index in [4.69, 9.17) is 8.83 Å². The molecule has 0 spiro atoms. The molecule has 0 N–H and O–H groups in total. The number of nitrogens with zero attached hydrogens (tertiary/aromatic N) is 1. The predicted octanol–water partition coefficient (Wildman–Crippen LogP) is 15.0. The summed E-state index contributed by atoms with van der Waals surface area (Å²) in [4.78, 5) is 2.39. The highest BCUT2D eigenvalue weighted by Gasteiger charge is 2.46. The van der Waals surface area contributed by atoms with E-state index < -0.39 is 5.41 Å². The van der Waals surface area contributed by atoms with Crippen LogP contribution in [0.5, 0.6) is 0 Å². The Bertz CT molecular complexity index is 3320. The third-order valence-electron chi connectivity index (χ3n) is 12.1. The van der Waals surface area contributed by atoms with E-state index in [1.54, 1.807) is 0 Å². The smallest absolute Gasteiger partial charge is 0.135 e. The average Bonchev–Trinajstić information content (AvgIpc) is 3.95. The molecule has 0 saturated heterocycles. The molecule has 0 bridgehead atoms. The monoisotopic (exact) mass is 741 g/mol. The minimum atomic E-state index is -0.470. The highest BCUT2D eigenvalue weighted by molar-refractivity contribution is 6.08. The van der Waals surface area contributed by atoms with Crippen molar-refractivity contribution in [2.45, 2.75) is 5.41 Å². The molecule has 58 heavy (non-hydrogen) atoms. The number of hydrogen-bond donors (Lipinski definition) is 0. The highest BCUT2D eigenvalue weighted by atomic mass is 16.3. The van der Waals surface area contributed by atoms with Gasteiger partial charge in [0, 0.05) is 38.6 Å². The van der Waals surface area contributed by atoms with Crippen molar-refractivity contribution >= 4 is 60.9 Å². The first kappa shape index (κ1) is 32.6. The SMILES string of the molecule is c1ccc(C2(c3ccccc3)c3ccccc3-c3cc(N(c4cccc(-c5ccc6oc7ccccc7c6c5)c4)c4ccc5oc6ccccc6c5c4)ccc32)cc1. The van der Waals surface area contributed by atoms with Gasteiger partial charge in [-0.25, -0.2) is 0 Å². The van der Waals surface area contributed by atoms with Crippen LogP contribution in [0.4, 0.5) is 17.1 Å². The largest absolute Gasteiger partial charge is 0.456 e. The van der Waals surface area contributed by atoms with Gasteiger partial charge in [-0.1, -0.05) is 146 Å². The van der Waals surface area contributed by atoms with Crippen LogP contribution < -0.4 is 4.90 Å². The molecule has 0 aliphatic heterocycles. The molecule has 272 valence electrons. The maximum Gasteiger partial charge on any atom is 0.135 e. The van der Waals surface area contributed by atoms with E-state index in [0.29, 0.717) is 0 Å². The molecule has 2 aromatic heterocycles.